The Hall–Kier alpha value is -1.80. The summed E-state index contributed by atoms with van der Waals surface area (Å²) in [5.74, 6) is 2.43. The summed E-state index contributed by atoms with van der Waals surface area (Å²) in [5, 5.41) is 10.5. The molecule has 0 fully saturated rings. The van der Waals surface area contributed by atoms with Gasteiger partial charge in [-0.05, 0) is 31.2 Å². The van der Waals surface area contributed by atoms with Gasteiger partial charge in [0.15, 0.2) is 22.5 Å². The standard InChI is InChI=1S/C20H25N2O3.HI/c1-4-21-15(2)22(18-10-6-5-9-17(18)21)13-16(23)14-25-20-12-8-7-11-19(20)24-3;/h5-12,16,23H,4,13-14H2,1-3H3;1H/q+1;/p-1. The molecule has 1 aromatic heterocycles. The van der Waals surface area contributed by atoms with Crippen molar-refractivity contribution in [2.75, 3.05) is 13.7 Å². The largest absolute Gasteiger partial charge is 1.00 e. The first-order valence-electron chi connectivity index (χ1n) is 8.57. The second-order valence-corrected chi connectivity index (χ2v) is 6.01. The van der Waals surface area contributed by atoms with Crippen molar-refractivity contribution >= 4 is 11.0 Å². The van der Waals surface area contributed by atoms with Crippen LogP contribution in [-0.2, 0) is 13.1 Å². The highest BCUT2D eigenvalue weighted by molar-refractivity contribution is 5.72. The lowest BCUT2D eigenvalue weighted by Gasteiger charge is -2.13. The third-order valence-corrected chi connectivity index (χ3v) is 4.45. The van der Waals surface area contributed by atoms with Gasteiger partial charge in [0.25, 0.3) is 5.82 Å². The van der Waals surface area contributed by atoms with Gasteiger partial charge in [-0.15, -0.1) is 0 Å². The van der Waals surface area contributed by atoms with Crippen LogP contribution in [0.4, 0.5) is 0 Å². The van der Waals surface area contributed by atoms with Crippen molar-refractivity contribution < 1.29 is 43.1 Å². The Labute approximate surface area is 171 Å². The summed E-state index contributed by atoms with van der Waals surface area (Å²) in [5.41, 5.74) is 2.30. The van der Waals surface area contributed by atoms with Crippen LogP contribution in [0, 0.1) is 6.92 Å². The lowest BCUT2D eigenvalue weighted by Crippen LogP contribution is -3.00. The number of aliphatic hydroxyl groups excluding tert-OH is 1. The molecule has 0 bridgehead atoms. The highest BCUT2D eigenvalue weighted by atomic mass is 127. The number of aliphatic hydroxyl groups is 1. The van der Waals surface area contributed by atoms with E-state index >= 15 is 0 Å². The molecule has 0 saturated carbocycles. The van der Waals surface area contributed by atoms with Crippen molar-refractivity contribution in [1.29, 1.82) is 0 Å². The SMILES string of the molecule is CCn1c(C)[n+](CC(O)COc2ccccc2OC)c2ccccc21.[I-]. The molecule has 0 amide bonds. The molecule has 6 heteroatoms. The number of hydrogen-bond donors (Lipinski definition) is 1. The average Bonchev–Trinajstić information content (AvgIpc) is 2.91. The van der Waals surface area contributed by atoms with Crippen LogP contribution in [-0.4, -0.2) is 29.5 Å². The molecule has 0 aliphatic rings. The zero-order valence-corrected chi connectivity index (χ0v) is 17.5. The number of halogens is 1. The Bertz CT molecular complexity index is 863. The fourth-order valence-electron chi connectivity index (χ4n) is 3.23. The van der Waals surface area contributed by atoms with Crippen molar-refractivity contribution in [2.45, 2.75) is 33.0 Å². The first-order chi connectivity index (χ1) is 12.2. The maximum absolute atomic E-state index is 10.5. The van der Waals surface area contributed by atoms with Gasteiger partial charge in [-0.25, -0.2) is 9.13 Å². The number of rotatable bonds is 7. The highest BCUT2D eigenvalue weighted by Gasteiger charge is 2.22. The minimum atomic E-state index is -0.621. The van der Waals surface area contributed by atoms with E-state index < -0.39 is 6.10 Å². The van der Waals surface area contributed by atoms with E-state index in [0.29, 0.717) is 18.0 Å². The number of aryl methyl sites for hydroxylation is 1. The number of hydrogen-bond acceptors (Lipinski definition) is 3. The summed E-state index contributed by atoms with van der Waals surface area (Å²) in [6.45, 7) is 5.79. The maximum atomic E-state index is 10.5. The van der Waals surface area contributed by atoms with Crippen molar-refractivity contribution in [3.05, 3.63) is 54.4 Å². The normalized spacial score (nSPS) is 11.8. The molecular formula is C20H25IN2O3. The summed E-state index contributed by atoms with van der Waals surface area (Å²) in [6.07, 6.45) is -0.621. The lowest BCUT2D eigenvalue weighted by molar-refractivity contribution is -0.685. The quantitative estimate of drug-likeness (QED) is 0.383. The summed E-state index contributed by atoms with van der Waals surface area (Å²) in [6, 6.07) is 15.7. The van der Waals surface area contributed by atoms with Crippen LogP contribution in [0.25, 0.3) is 11.0 Å². The predicted molar refractivity (Wildman–Crippen MR) is 97.0 cm³/mol. The molecule has 2 aromatic carbocycles. The molecule has 26 heavy (non-hydrogen) atoms. The second kappa shape index (κ2) is 9.23. The number of ether oxygens (including phenoxy) is 2. The zero-order valence-electron chi connectivity index (χ0n) is 15.4. The van der Waals surface area contributed by atoms with Gasteiger partial charge in [-0.1, -0.05) is 24.3 Å². The van der Waals surface area contributed by atoms with Crippen LogP contribution < -0.4 is 38.0 Å². The first kappa shape index (κ1) is 20.5. The molecular weight excluding hydrogens is 443 g/mol. The molecule has 0 radical (unpaired) electrons. The number of para-hydroxylation sites is 4. The summed E-state index contributed by atoms with van der Waals surface area (Å²) in [4.78, 5) is 0. The molecule has 1 N–H and O–H groups in total. The fourth-order valence-corrected chi connectivity index (χ4v) is 3.23. The third-order valence-electron chi connectivity index (χ3n) is 4.45. The van der Waals surface area contributed by atoms with Crippen molar-refractivity contribution in [3.63, 3.8) is 0 Å². The molecule has 1 atom stereocenters. The summed E-state index contributed by atoms with van der Waals surface area (Å²) >= 11 is 0. The molecule has 0 aliphatic carbocycles. The number of aromatic nitrogens is 2. The number of imidazole rings is 1. The molecule has 0 saturated heterocycles. The summed E-state index contributed by atoms with van der Waals surface area (Å²) in [7, 11) is 1.61. The average molecular weight is 468 g/mol. The summed E-state index contributed by atoms with van der Waals surface area (Å²) < 4.78 is 15.4. The maximum Gasteiger partial charge on any atom is 0.254 e. The van der Waals surface area contributed by atoms with E-state index in [9.17, 15) is 5.11 Å². The topological polar surface area (TPSA) is 47.5 Å². The van der Waals surface area contributed by atoms with Crippen molar-refractivity contribution in [3.8, 4) is 11.5 Å². The van der Waals surface area contributed by atoms with Crippen molar-refractivity contribution in [1.82, 2.24) is 4.57 Å². The molecule has 3 aromatic rings. The highest BCUT2D eigenvalue weighted by Crippen LogP contribution is 2.25. The van der Waals surface area contributed by atoms with Gasteiger partial charge in [0, 0.05) is 6.92 Å². The van der Waals surface area contributed by atoms with E-state index in [-0.39, 0.29) is 30.6 Å². The van der Waals surface area contributed by atoms with Crippen molar-refractivity contribution in [2.24, 2.45) is 0 Å². The van der Waals surface area contributed by atoms with Gasteiger partial charge < -0.3 is 38.6 Å². The molecule has 1 heterocycles. The van der Waals surface area contributed by atoms with Gasteiger partial charge in [0.05, 0.1) is 13.7 Å². The Morgan fingerprint density at radius 1 is 1.08 bits per heavy atom. The van der Waals surface area contributed by atoms with Crippen LogP contribution in [0.2, 0.25) is 0 Å². The minimum Gasteiger partial charge on any atom is -1.00 e. The Balaban J connectivity index is 0.00000243. The minimum absolute atomic E-state index is 0. The van der Waals surface area contributed by atoms with E-state index in [2.05, 4.69) is 35.1 Å². The Morgan fingerprint density at radius 2 is 1.73 bits per heavy atom. The molecule has 3 rings (SSSR count). The van der Waals surface area contributed by atoms with Crippen LogP contribution in [0.1, 0.15) is 12.7 Å². The molecule has 0 spiro atoms. The number of benzene rings is 2. The molecule has 0 aliphatic heterocycles. The van der Waals surface area contributed by atoms with Gasteiger partial charge in [-0.2, -0.15) is 0 Å². The third kappa shape index (κ3) is 4.12. The molecule has 5 nitrogen and oxygen atoms in total. The second-order valence-electron chi connectivity index (χ2n) is 6.01. The van der Waals surface area contributed by atoms with E-state index in [1.165, 1.54) is 5.52 Å². The van der Waals surface area contributed by atoms with Gasteiger partial charge in [-0.3, -0.25) is 0 Å². The molecule has 140 valence electrons. The first-order valence-corrected chi connectivity index (χ1v) is 8.57. The van der Waals surface area contributed by atoms with E-state index in [1.807, 2.05) is 36.4 Å². The Morgan fingerprint density at radius 3 is 2.42 bits per heavy atom. The van der Waals surface area contributed by atoms with Crippen LogP contribution in [0.15, 0.2) is 48.5 Å². The fraction of sp³-hybridized carbons (Fsp3) is 0.350. The monoisotopic (exact) mass is 468 g/mol. The van der Waals surface area contributed by atoms with Crippen LogP contribution >= 0.6 is 0 Å². The molecule has 1 unspecified atom stereocenters. The number of methoxy groups -OCH3 is 1. The van der Waals surface area contributed by atoms with Gasteiger partial charge >= 0.3 is 0 Å². The Kier molecular flexibility index (Phi) is 7.28. The predicted octanol–water partition coefficient (Wildman–Crippen LogP) is -0.290. The van der Waals surface area contributed by atoms with Gasteiger partial charge in [0.1, 0.15) is 19.3 Å². The number of fused-ring (bicyclic) bond motifs is 1. The zero-order chi connectivity index (χ0) is 17.8. The van der Waals surface area contributed by atoms with Crippen LogP contribution in [0.3, 0.4) is 0 Å². The smallest absolute Gasteiger partial charge is 0.254 e. The van der Waals surface area contributed by atoms with E-state index in [1.54, 1.807) is 7.11 Å². The van der Waals surface area contributed by atoms with Gasteiger partial charge in [0.2, 0.25) is 0 Å². The lowest BCUT2D eigenvalue weighted by atomic mass is 10.3. The van der Waals surface area contributed by atoms with E-state index in [0.717, 1.165) is 17.9 Å². The van der Waals surface area contributed by atoms with E-state index in [4.69, 9.17) is 9.47 Å². The van der Waals surface area contributed by atoms with Crippen LogP contribution in [0.5, 0.6) is 11.5 Å². The number of nitrogens with zero attached hydrogens (tertiary/aromatic N) is 2.